The third-order valence-corrected chi connectivity index (χ3v) is 7.80. The highest BCUT2D eigenvalue weighted by Gasteiger charge is 2.17. The molecule has 0 aliphatic heterocycles. The van der Waals surface area contributed by atoms with Crippen molar-refractivity contribution in [1.29, 1.82) is 0 Å². The van der Waals surface area contributed by atoms with Crippen molar-refractivity contribution < 1.29 is 0 Å². The summed E-state index contributed by atoms with van der Waals surface area (Å²) >= 11 is 0. The Labute approximate surface area is 257 Å². The van der Waals surface area contributed by atoms with Gasteiger partial charge in [0, 0.05) is 28.1 Å². The first kappa shape index (κ1) is 27.1. The molecular formula is C40H30N4. The molecule has 0 radical (unpaired) electrons. The van der Waals surface area contributed by atoms with Crippen molar-refractivity contribution in [2.75, 3.05) is 0 Å². The van der Waals surface area contributed by atoms with E-state index in [1.165, 1.54) is 27.8 Å². The van der Waals surface area contributed by atoms with Crippen LogP contribution in [0.1, 0.15) is 11.4 Å². The van der Waals surface area contributed by atoms with Crippen LogP contribution in [0.15, 0.2) is 146 Å². The lowest BCUT2D eigenvalue weighted by atomic mass is 9.87. The number of pyridine rings is 1. The second-order valence-corrected chi connectivity index (χ2v) is 10.8. The van der Waals surface area contributed by atoms with Gasteiger partial charge in [0.25, 0.3) is 0 Å². The minimum atomic E-state index is 0.615. The largest absolute Gasteiger partial charge is 0.258 e. The quantitative estimate of drug-likeness (QED) is 0.201. The van der Waals surface area contributed by atoms with Crippen LogP contribution in [-0.4, -0.2) is 19.9 Å². The fourth-order valence-electron chi connectivity index (χ4n) is 5.63. The second-order valence-electron chi connectivity index (χ2n) is 10.8. The predicted molar refractivity (Wildman–Crippen MR) is 180 cm³/mol. The van der Waals surface area contributed by atoms with E-state index in [0.29, 0.717) is 17.5 Å². The molecular weight excluding hydrogens is 536 g/mol. The molecule has 0 saturated heterocycles. The van der Waals surface area contributed by atoms with Crippen molar-refractivity contribution in [1.82, 2.24) is 19.9 Å². The second kappa shape index (κ2) is 11.9. The van der Waals surface area contributed by atoms with Crippen LogP contribution in [0.4, 0.5) is 0 Å². The fraction of sp³-hybridized carbons (Fsp3) is 0.0500. The van der Waals surface area contributed by atoms with Gasteiger partial charge in [-0.3, -0.25) is 4.98 Å². The maximum absolute atomic E-state index is 4.96. The Morgan fingerprint density at radius 1 is 0.318 bits per heavy atom. The van der Waals surface area contributed by atoms with Crippen molar-refractivity contribution in [2.24, 2.45) is 0 Å². The number of hydrogen-bond acceptors (Lipinski definition) is 4. The lowest BCUT2D eigenvalue weighted by Gasteiger charge is -2.17. The Morgan fingerprint density at radius 2 is 0.773 bits per heavy atom. The summed E-state index contributed by atoms with van der Waals surface area (Å²) in [6, 6.07) is 50.3. The first-order valence-corrected chi connectivity index (χ1v) is 14.7. The number of nitrogens with zero attached hydrogens (tertiary/aromatic N) is 4. The molecule has 0 bridgehead atoms. The molecule has 0 aliphatic rings. The van der Waals surface area contributed by atoms with E-state index in [1.807, 2.05) is 56.3 Å². The van der Waals surface area contributed by atoms with E-state index in [9.17, 15) is 0 Å². The van der Waals surface area contributed by atoms with Crippen molar-refractivity contribution >= 4 is 0 Å². The average Bonchev–Trinajstić information content (AvgIpc) is 3.09. The number of aromatic nitrogens is 4. The molecule has 0 unspecified atom stereocenters. The molecule has 0 N–H and O–H groups in total. The third-order valence-electron chi connectivity index (χ3n) is 7.80. The van der Waals surface area contributed by atoms with Crippen LogP contribution in [0.25, 0.3) is 67.5 Å². The van der Waals surface area contributed by atoms with Gasteiger partial charge in [-0.1, -0.05) is 133 Å². The zero-order chi connectivity index (χ0) is 29.9. The summed E-state index contributed by atoms with van der Waals surface area (Å²) in [4.78, 5) is 19.4. The Kier molecular flexibility index (Phi) is 7.31. The van der Waals surface area contributed by atoms with Crippen LogP contribution < -0.4 is 0 Å². The van der Waals surface area contributed by atoms with Gasteiger partial charge in [-0.2, -0.15) is 0 Å². The van der Waals surface area contributed by atoms with Crippen molar-refractivity contribution in [2.45, 2.75) is 13.8 Å². The summed E-state index contributed by atoms with van der Waals surface area (Å²) in [6.07, 6.45) is 0. The standard InChI is InChI=1S/C40H30N4/c1-27-21-26-34(28(2)41-27)40-43-38(32-17-10-5-11-18-32)42-39(44-40)33-24-22-31(23-25-33)37-35(29-13-6-3-7-14-29)19-12-20-36(37)30-15-8-4-9-16-30/h3-26H,1-2H3. The van der Waals surface area contributed by atoms with E-state index >= 15 is 0 Å². The predicted octanol–water partition coefficient (Wildman–Crippen LogP) is 9.89. The molecule has 4 nitrogen and oxygen atoms in total. The lowest BCUT2D eigenvalue weighted by molar-refractivity contribution is 1.05. The highest BCUT2D eigenvalue weighted by atomic mass is 15.0. The van der Waals surface area contributed by atoms with Gasteiger partial charge >= 0.3 is 0 Å². The molecule has 0 spiro atoms. The third kappa shape index (κ3) is 5.41. The molecule has 5 aromatic carbocycles. The normalized spacial score (nSPS) is 11.0. The average molecular weight is 567 g/mol. The number of aryl methyl sites for hydroxylation is 2. The molecule has 2 aromatic heterocycles. The minimum absolute atomic E-state index is 0.615. The van der Waals surface area contributed by atoms with Crippen LogP contribution in [-0.2, 0) is 0 Å². The molecule has 4 heteroatoms. The SMILES string of the molecule is Cc1ccc(-c2nc(-c3ccccc3)nc(-c3ccc(-c4c(-c5ccccc5)cccc4-c4ccccc4)cc3)n2)c(C)n1. The Bertz CT molecular complexity index is 2000. The summed E-state index contributed by atoms with van der Waals surface area (Å²) in [5.74, 6) is 1.87. The molecule has 0 aliphatic carbocycles. The molecule has 7 aromatic rings. The molecule has 0 saturated carbocycles. The Hall–Kier alpha value is -5.74. The van der Waals surface area contributed by atoms with Gasteiger partial charge in [-0.25, -0.2) is 15.0 Å². The van der Waals surface area contributed by atoms with Gasteiger partial charge in [0.1, 0.15) is 0 Å². The maximum atomic E-state index is 4.96. The first-order chi connectivity index (χ1) is 21.6. The van der Waals surface area contributed by atoms with E-state index in [4.69, 9.17) is 15.0 Å². The van der Waals surface area contributed by atoms with Crippen LogP contribution in [0.3, 0.4) is 0 Å². The molecule has 0 amide bonds. The molecule has 2 heterocycles. The number of hydrogen-bond donors (Lipinski definition) is 0. The topological polar surface area (TPSA) is 51.6 Å². The smallest absolute Gasteiger partial charge is 0.165 e. The summed E-state index contributed by atoms with van der Waals surface area (Å²) in [7, 11) is 0. The molecule has 210 valence electrons. The summed E-state index contributed by atoms with van der Waals surface area (Å²) in [5, 5.41) is 0. The van der Waals surface area contributed by atoms with E-state index in [0.717, 1.165) is 33.6 Å². The van der Waals surface area contributed by atoms with Crippen LogP contribution >= 0.6 is 0 Å². The Balaban J connectivity index is 1.37. The van der Waals surface area contributed by atoms with Crippen molar-refractivity contribution in [3.05, 3.63) is 157 Å². The van der Waals surface area contributed by atoms with Crippen molar-refractivity contribution in [3.8, 4) is 67.5 Å². The summed E-state index contributed by atoms with van der Waals surface area (Å²) in [6.45, 7) is 3.99. The molecule has 0 atom stereocenters. The van der Waals surface area contributed by atoms with Gasteiger partial charge in [-0.05, 0) is 59.4 Å². The summed E-state index contributed by atoms with van der Waals surface area (Å²) in [5.41, 5.74) is 11.7. The van der Waals surface area contributed by atoms with Gasteiger partial charge in [0.2, 0.25) is 0 Å². The van der Waals surface area contributed by atoms with Gasteiger partial charge in [-0.15, -0.1) is 0 Å². The van der Waals surface area contributed by atoms with E-state index in [-0.39, 0.29) is 0 Å². The molecule has 44 heavy (non-hydrogen) atoms. The molecule has 0 fully saturated rings. The molecule has 7 rings (SSSR count). The van der Waals surface area contributed by atoms with Gasteiger partial charge in [0.15, 0.2) is 17.5 Å². The maximum Gasteiger partial charge on any atom is 0.165 e. The zero-order valence-electron chi connectivity index (χ0n) is 24.6. The van der Waals surface area contributed by atoms with Gasteiger partial charge in [0.05, 0.1) is 0 Å². The minimum Gasteiger partial charge on any atom is -0.258 e. The van der Waals surface area contributed by atoms with E-state index in [1.54, 1.807) is 0 Å². The lowest BCUT2D eigenvalue weighted by Crippen LogP contribution is -2.02. The van der Waals surface area contributed by atoms with Crippen LogP contribution in [0, 0.1) is 13.8 Å². The van der Waals surface area contributed by atoms with E-state index in [2.05, 4.69) is 108 Å². The van der Waals surface area contributed by atoms with Gasteiger partial charge < -0.3 is 0 Å². The van der Waals surface area contributed by atoms with Crippen LogP contribution in [0.5, 0.6) is 0 Å². The number of rotatable bonds is 6. The highest BCUT2D eigenvalue weighted by Crippen LogP contribution is 2.40. The van der Waals surface area contributed by atoms with Crippen molar-refractivity contribution in [3.63, 3.8) is 0 Å². The van der Waals surface area contributed by atoms with E-state index < -0.39 is 0 Å². The summed E-state index contributed by atoms with van der Waals surface area (Å²) < 4.78 is 0. The monoisotopic (exact) mass is 566 g/mol. The fourth-order valence-corrected chi connectivity index (χ4v) is 5.63. The highest BCUT2D eigenvalue weighted by molar-refractivity contribution is 5.94. The number of benzene rings is 5. The zero-order valence-corrected chi connectivity index (χ0v) is 24.6. The van der Waals surface area contributed by atoms with Crippen LogP contribution in [0.2, 0.25) is 0 Å². The first-order valence-electron chi connectivity index (χ1n) is 14.7. The Morgan fingerprint density at radius 3 is 1.30 bits per heavy atom.